The van der Waals surface area contributed by atoms with Crippen LogP contribution in [0.25, 0.3) is 0 Å². The summed E-state index contributed by atoms with van der Waals surface area (Å²) in [7, 11) is 0. The Bertz CT molecular complexity index is 623. The molecule has 0 spiro atoms. The Labute approximate surface area is 114 Å². The number of hydrogen-bond acceptors (Lipinski definition) is 4. The standard InChI is InChI=1S/C14H11NO3S/c1-19-13-7-5-10(6-8-13)14(16)11-3-2-4-12(9-11)15(17)18/h2-9H,1H3. The van der Waals surface area contributed by atoms with Gasteiger partial charge in [-0.1, -0.05) is 12.1 Å². The molecule has 0 saturated carbocycles. The van der Waals surface area contributed by atoms with E-state index >= 15 is 0 Å². The van der Waals surface area contributed by atoms with E-state index in [0.29, 0.717) is 11.1 Å². The number of nitrogens with zero attached hydrogens (tertiary/aromatic N) is 1. The summed E-state index contributed by atoms with van der Waals surface area (Å²) in [6.45, 7) is 0. The SMILES string of the molecule is CSc1ccc(C(=O)c2cccc([N+](=O)[O-])c2)cc1. The second-order valence-corrected chi connectivity index (χ2v) is 4.74. The maximum absolute atomic E-state index is 12.2. The van der Waals surface area contributed by atoms with Crippen LogP contribution in [0.1, 0.15) is 15.9 Å². The highest BCUT2D eigenvalue weighted by molar-refractivity contribution is 7.98. The molecule has 0 aromatic heterocycles. The van der Waals surface area contributed by atoms with Crippen molar-refractivity contribution in [3.8, 4) is 0 Å². The van der Waals surface area contributed by atoms with Gasteiger partial charge in [-0.3, -0.25) is 14.9 Å². The van der Waals surface area contributed by atoms with E-state index < -0.39 is 4.92 Å². The van der Waals surface area contributed by atoms with Crippen LogP contribution in [0.3, 0.4) is 0 Å². The number of hydrogen-bond donors (Lipinski definition) is 0. The molecule has 2 aromatic rings. The molecular weight excluding hydrogens is 262 g/mol. The quantitative estimate of drug-likeness (QED) is 0.370. The van der Waals surface area contributed by atoms with Gasteiger partial charge in [-0.25, -0.2) is 0 Å². The number of ketones is 1. The van der Waals surface area contributed by atoms with Gasteiger partial charge in [0.25, 0.3) is 5.69 Å². The number of carbonyl (C=O) groups is 1. The van der Waals surface area contributed by atoms with Crippen molar-refractivity contribution in [2.75, 3.05) is 6.26 Å². The maximum Gasteiger partial charge on any atom is 0.270 e. The van der Waals surface area contributed by atoms with Crippen LogP contribution in [-0.4, -0.2) is 17.0 Å². The smallest absolute Gasteiger partial charge is 0.270 e. The Balaban J connectivity index is 2.32. The van der Waals surface area contributed by atoms with Gasteiger partial charge in [-0.2, -0.15) is 0 Å². The van der Waals surface area contributed by atoms with Gasteiger partial charge in [0.15, 0.2) is 5.78 Å². The number of nitro groups is 1. The molecule has 0 radical (unpaired) electrons. The zero-order valence-electron chi connectivity index (χ0n) is 10.2. The van der Waals surface area contributed by atoms with Gasteiger partial charge in [0.2, 0.25) is 0 Å². The van der Waals surface area contributed by atoms with Crippen molar-refractivity contribution in [2.24, 2.45) is 0 Å². The molecule has 0 bridgehead atoms. The third-order valence-corrected chi connectivity index (χ3v) is 3.41. The van der Waals surface area contributed by atoms with E-state index in [9.17, 15) is 14.9 Å². The highest BCUT2D eigenvalue weighted by Crippen LogP contribution is 2.19. The van der Waals surface area contributed by atoms with E-state index in [-0.39, 0.29) is 11.5 Å². The summed E-state index contributed by atoms with van der Waals surface area (Å²) >= 11 is 1.59. The van der Waals surface area contributed by atoms with Crippen LogP contribution in [0.15, 0.2) is 53.4 Å². The predicted octanol–water partition coefficient (Wildman–Crippen LogP) is 3.55. The Morgan fingerprint density at radius 2 is 1.79 bits per heavy atom. The third kappa shape index (κ3) is 3.00. The summed E-state index contributed by atoms with van der Waals surface area (Å²) in [5, 5.41) is 10.7. The van der Waals surface area contributed by atoms with E-state index in [1.165, 1.54) is 18.2 Å². The van der Waals surface area contributed by atoms with E-state index in [2.05, 4.69) is 0 Å². The summed E-state index contributed by atoms with van der Waals surface area (Å²) in [6, 6.07) is 12.9. The van der Waals surface area contributed by atoms with E-state index in [4.69, 9.17) is 0 Å². The summed E-state index contributed by atoms with van der Waals surface area (Å²) in [5.41, 5.74) is 0.774. The van der Waals surface area contributed by atoms with Crippen molar-refractivity contribution < 1.29 is 9.72 Å². The summed E-state index contributed by atoms with van der Waals surface area (Å²) in [5.74, 6) is -0.212. The molecule has 0 amide bonds. The molecule has 0 atom stereocenters. The van der Waals surface area contributed by atoms with E-state index in [0.717, 1.165) is 4.90 Å². The second-order valence-electron chi connectivity index (χ2n) is 3.87. The molecule has 0 aliphatic heterocycles. The minimum atomic E-state index is -0.506. The average Bonchev–Trinajstić information content (AvgIpc) is 2.46. The van der Waals surface area contributed by atoms with Crippen molar-refractivity contribution in [1.29, 1.82) is 0 Å². The lowest BCUT2D eigenvalue weighted by atomic mass is 10.0. The van der Waals surface area contributed by atoms with Crippen molar-refractivity contribution in [2.45, 2.75) is 4.90 Å². The summed E-state index contributed by atoms with van der Waals surface area (Å²) < 4.78 is 0. The van der Waals surface area contributed by atoms with Gasteiger partial charge in [0, 0.05) is 28.2 Å². The Kier molecular flexibility index (Phi) is 3.97. The van der Waals surface area contributed by atoms with Gasteiger partial charge in [-0.05, 0) is 30.5 Å². The van der Waals surface area contributed by atoms with Gasteiger partial charge in [0.05, 0.1) is 4.92 Å². The second kappa shape index (κ2) is 5.67. The molecule has 0 heterocycles. The Hall–Kier alpha value is -2.14. The minimum Gasteiger partial charge on any atom is -0.289 e. The average molecular weight is 273 g/mol. The predicted molar refractivity (Wildman–Crippen MR) is 74.8 cm³/mol. The van der Waals surface area contributed by atoms with Gasteiger partial charge in [0.1, 0.15) is 0 Å². The largest absolute Gasteiger partial charge is 0.289 e. The van der Waals surface area contributed by atoms with Gasteiger partial charge >= 0.3 is 0 Å². The van der Waals surface area contributed by atoms with Crippen molar-refractivity contribution in [3.05, 3.63) is 69.8 Å². The van der Waals surface area contributed by atoms with E-state index in [1.807, 2.05) is 18.4 Å². The summed E-state index contributed by atoms with van der Waals surface area (Å²) in [6.07, 6.45) is 1.96. The molecule has 4 nitrogen and oxygen atoms in total. The van der Waals surface area contributed by atoms with Crippen LogP contribution in [0.4, 0.5) is 5.69 Å². The Morgan fingerprint density at radius 3 is 2.37 bits per heavy atom. The fourth-order valence-electron chi connectivity index (χ4n) is 1.67. The molecule has 0 N–H and O–H groups in total. The molecule has 0 aliphatic rings. The Morgan fingerprint density at radius 1 is 1.11 bits per heavy atom. The number of nitro benzene ring substituents is 1. The van der Waals surface area contributed by atoms with Crippen LogP contribution in [0.2, 0.25) is 0 Å². The van der Waals surface area contributed by atoms with Crippen molar-refractivity contribution in [3.63, 3.8) is 0 Å². The molecule has 0 aliphatic carbocycles. The first kappa shape index (κ1) is 13.3. The van der Waals surface area contributed by atoms with Crippen molar-refractivity contribution >= 4 is 23.2 Å². The lowest BCUT2D eigenvalue weighted by Crippen LogP contribution is -2.01. The molecule has 0 saturated heterocycles. The number of benzene rings is 2. The lowest BCUT2D eigenvalue weighted by Gasteiger charge is -2.02. The third-order valence-electron chi connectivity index (χ3n) is 2.67. The maximum atomic E-state index is 12.2. The lowest BCUT2D eigenvalue weighted by molar-refractivity contribution is -0.384. The molecule has 19 heavy (non-hydrogen) atoms. The number of rotatable bonds is 4. The van der Waals surface area contributed by atoms with Gasteiger partial charge in [-0.15, -0.1) is 11.8 Å². The van der Waals surface area contributed by atoms with Crippen LogP contribution in [0, 0.1) is 10.1 Å². The minimum absolute atomic E-state index is 0.0772. The van der Waals surface area contributed by atoms with Crippen LogP contribution >= 0.6 is 11.8 Å². The van der Waals surface area contributed by atoms with Crippen LogP contribution in [-0.2, 0) is 0 Å². The summed E-state index contributed by atoms with van der Waals surface area (Å²) in [4.78, 5) is 23.4. The van der Waals surface area contributed by atoms with Crippen molar-refractivity contribution in [1.82, 2.24) is 0 Å². The molecular formula is C14H11NO3S. The topological polar surface area (TPSA) is 60.2 Å². The number of carbonyl (C=O) groups excluding carboxylic acids is 1. The van der Waals surface area contributed by atoms with Crippen LogP contribution in [0.5, 0.6) is 0 Å². The normalized spacial score (nSPS) is 10.2. The fourth-order valence-corrected chi connectivity index (χ4v) is 2.08. The fraction of sp³-hybridized carbons (Fsp3) is 0.0714. The van der Waals surface area contributed by atoms with Crippen LogP contribution < -0.4 is 0 Å². The molecule has 96 valence electrons. The first-order chi connectivity index (χ1) is 9.11. The van der Waals surface area contributed by atoms with Gasteiger partial charge < -0.3 is 0 Å². The molecule has 5 heteroatoms. The highest BCUT2D eigenvalue weighted by Gasteiger charge is 2.13. The molecule has 2 aromatic carbocycles. The number of non-ortho nitro benzene ring substituents is 1. The first-order valence-electron chi connectivity index (χ1n) is 5.55. The highest BCUT2D eigenvalue weighted by atomic mass is 32.2. The molecule has 0 fully saturated rings. The zero-order chi connectivity index (χ0) is 13.8. The molecule has 2 rings (SSSR count). The zero-order valence-corrected chi connectivity index (χ0v) is 11.0. The first-order valence-corrected chi connectivity index (χ1v) is 6.77. The van der Waals surface area contributed by atoms with E-state index in [1.54, 1.807) is 30.0 Å². The number of thioether (sulfide) groups is 1. The molecule has 0 unspecified atom stereocenters. The monoisotopic (exact) mass is 273 g/mol.